The summed E-state index contributed by atoms with van der Waals surface area (Å²) in [6.45, 7) is 3.83. The molecular weight excluding hydrogens is 214 g/mol. The average molecular weight is 232 g/mol. The lowest BCUT2D eigenvalue weighted by atomic mass is 9.94. The molecule has 5 heteroatoms. The van der Waals surface area contributed by atoms with Crippen LogP contribution in [-0.2, 0) is 4.79 Å². The molecule has 1 saturated heterocycles. The van der Waals surface area contributed by atoms with E-state index in [-0.39, 0.29) is 18.9 Å². The molecule has 0 aromatic heterocycles. The van der Waals surface area contributed by atoms with Crippen molar-refractivity contribution in [1.82, 2.24) is 10.2 Å². The van der Waals surface area contributed by atoms with Crippen LogP contribution in [0.15, 0.2) is 0 Å². The zero-order chi connectivity index (χ0) is 11.8. The molecule has 1 amide bonds. The van der Waals surface area contributed by atoms with E-state index in [1.54, 1.807) is 0 Å². The van der Waals surface area contributed by atoms with E-state index in [2.05, 4.69) is 5.32 Å². The number of nitrogens with zero attached hydrogens (tertiary/aromatic N) is 1. The maximum Gasteiger partial charge on any atom is 0.255 e. The highest BCUT2D eigenvalue weighted by Crippen LogP contribution is 2.64. The summed E-state index contributed by atoms with van der Waals surface area (Å²) in [7, 11) is 0. The van der Waals surface area contributed by atoms with Crippen molar-refractivity contribution in [2.24, 2.45) is 5.41 Å². The van der Waals surface area contributed by atoms with Gasteiger partial charge in [-0.25, -0.2) is 8.78 Å². The van der Waals surface area contributed by atoms with Crippen molar-refractivity contribution in [2.45, 2.75) is 32.1 Å². The summed E-state index contributed by atoms with van der Waals surface area (Å²) >= 11 is 0. The predicted octanol–water partition coefficient (Wildman–Crippen LogP) is 1.24. The first-order valence-corrected chi connectivity index (χ1v) is 5.86. The summed E-state index contributed by atoms with van der Waals surface area (Å²) in [5.41, 5.74) is -0.808. The molecule has 1 saturated carbocycles. The van der Waals surface area contributed by atoms with E-state index >= 15 is 0 Å². The molecule has 16 heavy (non-hydrogen) atoms. The number of alkyl halides is 2. The van der Waals surface area contributed by atoms with Crippen LogP contribution in [0, 0.1) is 5.41 Å². The van der Waals surface area contributed by atoms with Gasteiger partial charge in [-0.3, -0.25) is 9.69 Å². The van der Waals surface area contributed by atoms with Gasteiger partial charge in [-0.15, -0.1) is 0 Å². The van der Waals surface area contributed by atoms with Gasteiger partial charge in [0.05, 0.1) is 12.0 Å². The fourth-order valence-electron chi connectivity index (χ4n) is 2.64. The van der Waals surface area contributed by atoms with Gasteiger partial charge in [0.15, 0.2) is 0 Å². The fourth-order valence-corrected chi connectivity index (χ4v) is 2.64. The Hall–Kier alpha value is -0.710. The molecule has 2 fully saturated rings. The summed E-state index contributed by atoms with van der Waals surface area (Å²) in [5.74, 6) is -2.56. The Morgan fingerprint density at radius 2 is 2.19 bits per heavy atom. The number of carbonyl (C=O) groups excluding carboxylic acids is 1. The molecule has 0 aromatic rings. The normalized spacial score (nSPS) is 32.7. The number of halogens is 2. The molecule has 0 aromatic carbocycles. The molecule has 2 aliphatic rings. The standard InChI is InChI=1S/C11H18F2N2O/c1-2-14-9(16)6-15-5-3-4-10(8-15)7-11(10,12)13/h2-8H2,1H3,(H,14,16). The molecule has 3 nitrogen and oxygen atoms in total. The number of amides is 1. The van der Waals surface area contributed by atoms with Gasteiger partial charge in [0.1, 0.15) is 0 Å². The van der Waals surface area contributed by atoms with Gasteiger partial charge in [-0.1, -0.05) is 0 Å². The lowest BCUT2D eigenvalue weighted by Crippen LogP contribution is -2.44. The Labute approximate surface area is 94.2 Å². The number of piperidine rings is 1. The molecule has 1 N–H and O–H groups in total. The summed E-state index contributed by atoms with van der Waals surface area (Å²) in [6, 6.07) is 0. The highest BCUT2D eigenvalue weighted by atomic mass is 19.3. The molecule has 0 radical (unpaired) electrons. The number of likely N-dealkylation sites (tertiary alicyclic amines) is 1. The quantitative estimate of drug-likeness (QED) is 0.794. The van der Waals surface area contributed by atoms with Crippen molar-refractivity contribution >= 4 is 5.91 Å². The molecule has 92 valence electrons. The van der Waals surface area contributed by atoms with Crippen LogP contribution in [-0.4, -0.2) is 42.9 Å². The van der Waals surface area contributed by atoms with E-state index in [9.17, 15) is 13.6 Å². The monoisotopic (exact) mass is 232 g/mol. The second kappa shape index (κ2) is 3.95. The minimum Gasteiger partial charge on any atom is -0.355 e. The van der Waals surface area contributed by atoms with Gasteiger partial charge in [0, 0.05) is 19.5 Å². The molecule has 1 aliphatic carbocycles. The molecule has 1 unspecified atom stereocenters. The van der Waals surface area contributed by atoms with E-state index < -0.39 is 11.3 Å². The van der Waals surface area contributed by atoms with E-state index in [1.165, 1.54) is 0 Å². The first-order valence-electron chi connectivity index (χ1n) is 5.86. The summed E-state index contributed by atoms with van der Waals surface area (Å²) < 4.78 is 26.4. The lowest BCUT2D eigenvalue weighted by molar-refractivity contribution is -0.123. The Balaban J connectivity index is 1.86. The van der Waals surface area contributed by atoms with Crippen LogP contribution in [0.1, 0.15) is 26.2 Å². The fraction of sp³-hybridized carbons (Fsp3) is 0.909. The molecule has 1 spiro atoms. The average Bonchev–Trinajstić information content (AvgIpc) is 2.66. The van der Waals surface area contributed by atoms with Gasteiger partial charge in [-0.2, -0.15) is 0 Å². The van der Waals surface area contributed by atoms with Crippen LogP contribution < -0.4 is 5.32 Å². The number of carbonyl (C=O) groups is 1. The summed E-state index contributed by atoms with van der Waals surface area (Å²) in [4.78, 5) is 13.2. The van der Waals surface area contributed by atoms with E-state index in [1.807, 2.05) is 11.8 Å². The van der Waals surface area contributed by atoms with Crippen LogP contribution in [0.2, 0.25) is 0 Å². The largest absolute Gasteiger partial charge is 0.355 e. The van der Waals surface area contributed by atoms with Gasteiger partial charge in [0.2, 0.25) is 5.91 Å². The third-order valence-electron chi connectivity index (χ3n) is 3.61. The third kappa shape index (κ3) is 2.05. The number of nitrogens with one attached hydrogen (secondary N) is 1. The molecule has 2 rings (SSSR count). The van der Waals surface area contributed by atoms with Crippen molar-refractivity contribution < 1.29 is 13.6 Å². The maximum absolute atomic E-state index is 13.2. The van der Waals surface area contributed by atoms with Crippen molar-refractivity contribution in [3.05, 3.63) is 0 Å². The Morgan fingerprint density at radius 1 is 1.50 bits per heavy atom. The van der Waals surface area contributed by atoms with Crippen molar-refractivity contribution in [1.29, 1.82) is 0 Å². The lowest BCUT2D eigenvalue weighted by Gasteiger charge is -2.32. The van der Waals surface area contributed by atoms with Crippen LogP contribution in [0.4, 0.5) is 8.78 Å². The van der Waals surface area contributed by atoms with Crippen LogP contribution in [0.25, 0.3) is 0 Å². The highest BCUT2D eigenvalue weighted by Gasteiger charge is 2.71. The Kier molecular flexibility index (Phi) is 2.90. The SMILES string of the molecule is CCNC(=O)CN1CCCC2(C1)CC2(F)F. The van der Waals surface area contributed by atoms with Crippen molar-refractivity contribution in [3.63, 3.8) is 0 Å². The molecule has 1 aliphatic heterocycles. The number of hydrogen-bond acceptors (Lipinski definition) is 2. The number of rotatable bonds is 3. The van der Waals surface area contributed by atoms with Gasteiger partial charge < -0.3 is 5.32 Å². The summed E-state index contributed by atoms with van der Waals surface area (Å²) in [6.07, 6.45) is 1.38. The van der Waals surface area contributed by atoms with Gasteiger partial charge >= 0.3 is 0 Å². The second-order valence-electron chi connectivity index (χ2n) is 4.93. The smallest absolute Gasteiger partial charge is 0.255 e. The van der Waals surface area contributed by atoms with Crippen molar-refractivity contribution in [2.75, 3.05) is 26.2 Å². The first kappa shape index (κ1) is 11.8. The zero-order valence-corrected chi connectivity index (χ0v) is 9.56. The van der Waals surface area contributed by atoms with Gasteiger partial charge in [0.25, 0.3) is 5.92 Å². The number of likely N-dealkylation sites (N-methyl/N-ethyl adjacent to an activating group) is 1. The minimum atomic E-state index is -2.49. The first-order chi connectivity index (χ1) is 7.49. The van der Waals surface area contributed by atoms with E-state index in [0.717, 1.165) is 13.0 Å². The van der Waals surface area contributed by atoms with Gasteiger partial charge in [-0.05, 0) is 26.3 Å². The second-order valence-corrected chi connectivity index (χ2v) is 4.93. The molecular formula is C11H18F2N2O. The predicted molar refractivity (Wildman–Crippen MR) is 56.4 cm³/mol. The van der Waals surface area contributed by atoms with Crippen LogP contribution in [0.3, 0.4) is 0 Å². The molecule has 1 atom stereocenters. The van der Waals surface area contributed by atoms with Crippen LogP contribution >= 0.6 is 0 Å². The number of hydrogen-bond donors (Lipinski definition) is 1. The topological polar surface area (TPSA) is 32.3 Å². The maximum atomic E-state index is 13.2. The minimum absolute atomic E-state index is 0.00585. The zero-order valence-electron chi connectivity index (χ0n) is 9.56. The van der Waals surface area contributed by atoms with Crippen molar-refractivity contribution in [3.8, 4) is 0 Å². The third-order valence-corrected chi connectivity index (χ3v) is 3.61. The van der Waals surface area contributed by atoms with Crippen LogP contribution in [0.5, 0.6) is 0 Å². The Morgan fingerprint density at radius 3 is 2.75 bits per heavy atom. The van der Waals surface area contributed by atoms with E-state index in [4.69, 9.17) is 0 Å². The Bertz CT molecular complexity index is 296. The van der Waals surface area contributed by atoms with E-state index in [0.29, 0.717) is 19.5 Å². The molecule has 0 bridgehead atoms. The molecule has 1 heterocycles. The highest BCUT2D eigenvalue weighted by molar-refractivity contribution is 5.77. The summed E-state index contributed by atoms with van der Waals surface area (Å²) in [5, 5.41) is 2.69.